The van der Waals surface area contributed by atoms with E-state index in [0.717, 1.165) is 4.88 Å². The minimum Gasteiger partial charge on any atom is -0.364 e. The molecule has 3 N–H and O–H groups in total. The molecule has 3 aromatic rings. The van der Waals surface area contributed by atoms with Crippen molar-refractivity contribution in [2.24, 2.45) is 12.8 Å². The Kier molecular flexibility index (Phi) is 7.83. The fourth-order valence-corrected chi connectivity index (χ4v) is 3.15. The molecule has 0 saturated heterocycles. The predicted octanol–water partition coefficient (Wildman–Crippen LogP) is 3.56. The van der Waals surface area contributed by atoms with E-state index in [4.69, 9.17) is 17.3 Å². The first kappa shape index (κ1) is 21.9. The third-order valence-electron chi connectivity index (χ3n) is 3.49. The van der Waals surface area contributed by atoms with E-state index in [0.29, 0.717) is 35.5 Å². The predicted molar refractivity (Wildman–Crippen MR) is 105 cm³/mol. The molecule has 0 aromatic carbocycles. The van der Waals surface area contributed by atoms with Gasteiger partial charge in [0.1, 0.15) is 11.5 Å². The largest absolute Gasteiger partial charge is 0.364 e. The molecule has 0 fully saturated rings. The van der Waals surface area contributed by atoms with Gasteiger partial charge >= 0.3 is 0 Å². The fourth-order valence-electron chi connectivity index (χ4n) is 2.45. The van der Waals surface area contributed by atoms with E-state index in [9.17, 15) is 4.39 Å². The summed E-state index contributed by atoms with van der Waals surface area (Å²) in [5.74, 6) is 0.0145. The summed E-state index contributed by atoms with van der Waals surface area (Å²) in [6.07, 6.45) is 2.16. The van der Waals surface area contributed by atoms with Crippen molar-refractivity contribution in [1.82, 2.24) is 19.5 Å². The van der Waals surface area contributed by atoms with Gasteiger partial charge in [-0.1, -0.05) is 0 Å². The number of hydrogen-bond acceptors (Lipinski definition) is 6. The van der Waals surface area contributed by atoms with Crippen LogP contribution in [0.4, 0.5) is 10.2 Å². The molecule has 0 saturated carbocycles. The van der Waals surface area contributed by atoms with Crippen LogP contribution < -0.4 is 11.1 Å². The molecule has 0 aliphatic rings. The lowest BCUT2D eigenvalue weighted by Gasteiger charge is -2.06. The number of nitrogens with two attached hydrogens (primary N) is 1. The lowest BCUT2D eigenvalue weighted by Crippen LogP contribution is -2.20. The first-order chi connectivity index (χ1) is 11.0. The summed E-state index contributed by atoms with van der Waals surface area (Å²) in [5.41, 5.74) is 8.49. The maximum atomic E-state index is 14.9. The summed E-state index contributed by atoms with van der Waals surface area (Å²) in [6.45, 7) is 2.32. The molecule has 6 nitrogen and oxygen atoms in total. The molecule has 3 rings (SSSR count). The van der Waals surface area contributed by atoms with Crippen LogP contribution in [0.15, 0.2) is 11.7 Å². The molecule has 0 amide bonds. The number of halogens is 4. The van der Waals surface area contributed by atoms with E-state index < -0.39 is 0 Å². The zero-order valence-electron chi connectivity index (χ0n) is 13.5. The third-order valence-corrected chi connectivity index (χ3v) is 4.44. The highest BCUT2D eigenvalue weighted by Crippen LogP contribution is 2.30. The highest BCUT2D eigenvalue weighted by Gasteiger charge is 2.22. The molecule has 1 atom stereocenters. The topological polar surface area (TPSA) is 81.7 Å². The molecular weight excluding hydrogens is 410 g/mol. The number of hydrogen-bond donors (Lipinski definition) is 2. The minimum absolute atomic E-state index is 0. The van der Waals surface area contributed by atoms with Crippen LogP contribution in [0.2, 0.25) is 5.28 Å². The first-order valence-electron chi connectivity index (χ1n) is 7.04. The zero-order chi connectivity index (χ0) is 16.6. The maximum absolute atomic E-state index is 14.9. The van der Waals surface area contributed by atoms with Crippen LogP contribution in [0.3, 0.4) is 0 Å². The summed E-state index contributed by atoms with van der Waals surface area (Å²) in [5, 5.41) is 3.51. The molecule has 0 aliphatic carbocycles. The quantitative estimate of drug-likeness (QED) is 0.608. The van der Waals surface area contributed by atoms with Crippen LogP contribution in [0.25, 0.3) is 11.0 Å². The molecule has 3 heterocycles. The number of aromatic nitrogens is 4. The first-order valence-corrected chi connectivity index (χ1v) is 8.30. The van der Waals surface area contributed by atoms with Crippen LogP contribution >= 0.6 is 47.8 Å². The number of nitrogens with one attached hydrogen (secondary N) is 1. The number of thiazole rings is 1. The van der Waals surface area contributed by atoms with Crippen LogP contribution in [0.1, 0.15) is 17.5 Å². The van der Waals surface area contributed by atoms with Gasteiger partial charge in [-0.3, -0.25) is 4.98 Å². The molecule has 0 unspecified atom stereocenters. The van der Waals surface area contributed by atoms with Crippen LogP contribution in [0, 0.1) is 5.82 Å². The van der Waals surface area contributed by atoms with E-state index in [1.165, 1.54) is 11.3 Å². The van der Waals surface area contributed by atoms with E-state index in [2.05, 4.69) is 20.3 Å². The van der Waals surface area contributed by atoms with E-state index in [-0.39, 0.29) is 42.0 Å². The highest BCUT2D eigenvalue weighted by atomic mass is 35.5. The van der Waals surface area contributed by atoms with E-state index in [1.54, 1.807) is 23.3 Å². The SMILES string of the molecule is C[C@H](N)Cc1c(F)c2c(NCc3cncs3)nc(Cl)nc2n1C.Cl.Cl. The fraction of sp³-hybridized carbons (Fsp3) is 0.357. The van der Waals surface area contributed by atoms with E-state index >= 15 is 0 Å². The Hall–Kier alpha value is -1.19. The number of aryl methyl sites for hydroxylation is 1. The van der Waals surface area contributed by atoms with Gasteiger partial charge in [0.2, 0.25) is 5.28 Å². The van der Waals surface area contributed by atoms with Crippen LogP contribution in [-0.4, -0.2) is 25.6 Å². The molecule has 0 spiro atoms. The van der Waals surface area contributed by atoms with Crippen LogP contribution in [0.5, 0.6) is 0 Å². The van der Waals surface area contributed by atoms with Gasteiger partial charge in [0, 0.05) is 30.6 Å². The summed E-state index contributed by atoms with van der Waals surface area (Å²) >= 11 is 7.50. The average molecular weight is 428 g/mol. The smallest absolute Gasteiger partial charge is 0.226 e. The molecule has 0 radical (unpaired) electrons. The van der Waals surface area contributed by atoms with Crippen molar-refractivity contribution in [3.05, 3.63) is 33.4 Å². The monoisotopic (exact) mass is 426 g/mol. The minimum atomic E-state index is -0.358. The van der Waals surface area contributed by atoms with Gasteiger partial charge in [0.15, 0.2) is 5.82 Å². The number of rotatable bonds is 5. The molecule has 3 aromatic heterocycles. The Morgan fingerprint density at radius 3 is 2.72 bits per heavy atom. The molecule has 138 valence electrons. The second kappa shape index (κ2) is 8.95. The summed E-state index contributed by atoms with van der Waals surface area (Å²) in [7, 11) is 1.75. The average Bonchev–Trinajstić information content (AvgIpc) is 3.08. The number of fused-ring (bicyclic) bond motifs is 1. The lowest BCUT2D eigenvalue weighted by molar-refractivity contribution is 0.586. The lowest BCUT2D eigenvalue weighted by atomic mass is 10.2. The Labute approximate surface area is 165 Å². The second-order valence-corrected chi connectivity index (χ2v) is 6.67. The van der Waals surface area contributed by atoms with Crippen molar-refractivity contribution in [1.29, 1.82) is 0 Å². The normalized spacial score (nSPS) is 11.7. The maximum Gasteiger partial charge on any atom is 0.226 e. The molecule has 0 aliphatic heterocycles. The summed E-state index contributed by atoms with van der Waals surface area (Å²) < 4.78 is 16.5. The Morgan fingerprint density at radius 2 is 2.12 bits per heavy atom. The highest BCUT2D eigenvalue weighted by molar-refractivity contribution is 7.09. The van der Waals surface area contributed by atoms with Crippen molar-refractivity contribution in [3.8, 4) is 0 Å². The van der Waals surface area contributed by atoms with Gasteiger partial charge in [-0.05, 0) is 18.5 Å². The Bertz CT molecular complexity index is 837. The van der Waals surface area contributed by atoms with Crippen LogP contribution in [-0.2, 0) is 20.0 Å². The van der Waals surface area contributed by atoms with E-state index in [1.807, 2.05) is 6.92 Å². The van der Waals surface area contributed by atoms with Gasteiger partial charge in [0.05, 0.1) is 23.1 Å². The van der Waals surface area contributed by atoms with Gasteiger partial charge < -0.3 is 15.6 Å². The standard InChI is InChI=1S/C14H16ClFN6S.2ClH/c1-7(17)3-9-11(16)10-12(19-5-8-4-18-6-23-8)20-14(15)21-13(10)22(9)2;;/h4,6-7H,3,5,17H2,1-2H3,(H,19,20,21);2*1H/t7-;;/m0../s1. The molecule has 25 heavy (non-hydrogen) atoms. The molecule has 11 heteroatoms. The van der Waals surface area contributed by atoms with Gasteiger partial charge in [-0.15, -0.1) is 36.2 Å². The summed E-state index contributed by atoms with van der Waals surface area (Å²) in [6, 6.07) is -0.162. The number of anilines is 1. The third kappa shape index (κ3) is 4.51. The van der Waals surface area contributed by atoms with Gasteiger partial charge in [-0.25, -0.2) is 4.39 Å². The second-order valence-electron chi connectivity index (χ2n) is 5.36. The Morgan fingerprint density at radius 1 is 1.40 bits per heavy atom. The van der Waals surface area contributed by atoms with Crippen molar-refractivity contribution in [2.45, 2.75) is 25.9 Å². The molecular formula is C14H18Cl3FN6S. The Balaban J connectivity index is 0.00000156. The zero-order valence-corrected chi connectivity index (χ0v) is 16.7. The number of nitrogens with zero attached hydrogens (tertiary/aromatic N) is 4. The molecule has 0 bridgehead atoms. The van der Waals surface area contributed by atoms with Crippen molar-refractivity contribution < 1.29 is 4.39 Å². The van der Waals surface area contributed by atoms with Crippen molar-refractivity contribution >= 4 is 64.6 Å². The van der Waals surface area contributed by atoms with Crippen molar-refractivity contribution in [2.75, 3.05) is 5.32 Å². The van der Waals surface area contributed by atoms with Crippen molar-refractivity contribution in [3.63, 3.8) is 0 Å². The van der Waals surface area contributed by atoms with Gasteiger partial charge in [0.25, 0.3) is 0 Å². The van der Waals surface area contributed by atoms with Gasteiger partial charge in [-0.2, -0.15) is 9.97 Å². The summed E-state index contributed by atoms with van der Waals surface area (Å²) in [4.78, 5) is 13.3.